The number of hydrogen-bond acceptors (Lipinski definition) is 3. The van der Waals surface area contributed by atoms with Gasteiger partial charge in [-0.05, 0) is 36.6 Å². The summed E-state index contributed by atoms with van der Waals surface area (Å²) in [5.41, 5.74) is -1.48. The highest BCUT2D eigenvalue weighted by Gasteiger charge is 2.27. The van der Waals surface area contributed by atoms with Crippen LogP contribution < -0.4 is 5.32 Å². The van der Waals surface area contributed by atoms with E-state index in [-0.39, 0.29) is 17.1 Å². The number of carbonyl (C=O) groups is 1. The van der Waals surface area contributed by atoms with Gasteiger partial charge in [-0.3, -0.25) is 4.79 Å². The summed E-state index contributed by atoms with van der Waals surface area (Å²) in [5, 5.41) is 14.3. The zero-order valence-corrected chi connectivity index (χ0v) is 14.4. The molecule has 0 aliphatic heterocycles. The van der Waals surface area contributed by atoms with E-state index in [0.717, 1.165) is 15.0 Å². The minimum absolute atomic E-state index is 0.0361. The number of hydrogen-bond donors (Lipinski definition) is 2. The monoisotopic (exact) mass is 363 g/mol. The van der Waals surface area contributed by atoms with Crippen LogP contribution in [-0.4, -0.2) is 17.6 Å². The summed E-state index contributed by atoms with van der Waals surface area (Å²) in [5.74, 6) is -1.35. The van der Waals surface area contributed by atoms with Gasteiger partial charge in [0.1, 0.15) is 11.4 Å². The van der Waals surface area contributed by atoms with Crippen LogP contribution in [0.1, 0.15) is 22.2 Å². The van der Waals surface area contributed by atoms with Gasteiger partial charge in [0.2, 0.25) is 0 Å². The molecule has 0 fully saturated rings. The van der Waals surface area contributed by atoms with Crippen LogP contribution in [0.25, 0.3) is 10.1 Å². The fourth-order valence-corrected chi connectivity index (χ4v) is 3.75. The molecule has 2 aromatic carbocycles. The van der Waals surface area contributed by atoms with Crippen LogP contribution in [0, 0.1) is 5.82 Å². The Labute approximate surface area is 147 Å². The molecule has 3 aromatic rings. The second-order valence-electron chi connectivity index (χ2n) is 5.70. The van der Waals surface area contributed by atoms with E-state index < -0.39 is 17.3 Å². The van der Waals surface area contributed by atoms with Crippen molar-refractivity contribution in [1.29, 1.82) is 0 Å². The number of nitrogens with one attached hydrogen (secondary N) is 1. The molecule has 0 aliphatic carbocycles. The second kappa shape index (κ2) is 6.51. The Morgan fingerprint density at radius 3 is 2.75 bits per heavy atom. The van der Waals surface area contributed by atoms with Crippen LogP contribution in [0.5, 0.6) is 0 Å². The molecular weight excluding hydrogens is 349 g/mol. The van der Waals surface area contributed by atoms with E-state index in [2.05, 4.69) is 5.32 Å². The average molecular weight is 364 g/mol. The van der Waals surface area contributed by atoms with Crippen LogP contribution >= 0.6 is 22.9 Å². The van der Waals surface area contributed by atoms with Crippen LogP contribution in [0.3, 0.4) is 0 Å². The fraction of sp³-hybridized carbons (Fsp3) is 0.167. The predicted molar refractivity (Wildman–Crippen MR) is 95.1 cm³/mol. The maximum Gasteiger partial charge on any atom is 0.255 e. The number of amides is 1. The second-order valence-corrected chi connectivity index (χ2v) is 7.19. The van der Waals surface area contributed by atoms with Gasteiger partial charge in [-0.1, -0.05) is 35.9 Å². The van der Waals surface area contributed by atoms with Crippen LogP contribution in [0.4, 0.5) is 4.39 Å². The Morgan fingerprint density at radius 2 is 2.04 bits per heavy atom. The highest BCUT2D eigenvalue weighted by atomic mass is 35.5. The maximum atomic E-state index is 13.8. The molecule has 0 aliphatic rings. The van der Waals surface area contributed by atoms with E-state index in [1.165, 1.54) is 29.5 Å². The maximum absolute atomic E-state index is 13.8. The topological polar surface area (TPSA) is 49.3 Å². The van der Waals surface area contributed by atoms with E-state index in [4.69, 9.17) is 11.6 Å². The Bertz CT molecular complexity index is 854. The highest BCUT2D eigenvalue weighted by molar-refractivity contribution is 7.19. The van der Waals surface area contributed by atoms with E-state index in [9.17, 15) is 14.3 Å². The smallest absolute Gasteiger partial charge is 0.255 e. The molecule has 1 aromatic heterocycles. The summed E-state index contributed by atoms with van der Waals surface area (Å²) in [6.45, 7) is 1.56. The first-order chi connectivity index (χ1) is 11.4. The van der Waals surface area contributed by atoms with Gasteiger partial charge in [-0.15, -0.1) is 11.3 Å². The molecule has 1 heterocycles. The van der Waals surface area contributed by atoms with Gasteiger partial charge >= 0.3 is 0 Å². The number of benzene rings is 2. The lowest BCUT2D eigenvalue weighted by molar-refractivity contribution is 0.0556. The Morgan fingerprint density at radius 1 is 1.29 bits per heavy atom. The van der Waals surface area contributed by atoms with Gasteiger partial charge in [-0.25, -0.2) is 4.39 Å². The zero-order chi connectivity index (χ0) is 17.3. The molecule has 124 valence electrons. The summed E-state index contributed by atoms with van der Waals surface area (Å²) < 4.78 is 14.8. The SMILES string of the molecule is C[C@@](O)(CNC(=O)c1c(F)cccc1Cl)c1cc2ccccc2s1. The van der Waals surface area contributed by atoms with Crippen molar-refractivity contribution in [3.8, 4) is 0 Å². The lowest BCUT2D eigenvalue weighted by Crippen LogP contribution is -2.38. The summed E-state index contributed by atoms with van der Waals surface area (Å²) in [6.07, 6.45) is 0. The van der Waals surface area contributed by atoms with Gasteiger partial charge < -0.3 is 10.4 Å². The zero-order valence-electron chi connectivity index (χ0n) is 12.8. The third kappa shape index (κ3) is 3.29. The van der Waals surface area contributed by atoms with Crippen molar-refractivity contribution in [3.05, 3.63) is 69.8 Å². The highest BCUT2D eigenvalue weighted by Crippen LogP contribution is 2.33. The Hall–Kier alpha value is -1.95. The van der Waals surface area contributed by atoms with Crippen molar-refractivity contribution in [2.75, 3.05) is 6.54 Å². The lowest BCUT2D eigenvalue weighted by atomic mass is 10.0. The van der Waals surface area contributed by atoms with Crippen molar-refractivity contribution in [3.63, 3.8) is 0 Å². The van der Waals surface area contributed by atoms with Gasteiger partial charge in [0.15, 0.2) is 0 Å². The van der Waals surface area contributed by atoms with Gasteiger partial charge in [0, 0.05) is 9.58 Å². The standard InChI is InChI=1S/C18H15ClFNO2S/c1-18(23,15-9-11-5-2-3-8-14(11)24-15)10-21-17(22)16-12(19)6-4-7-13(16)20/h2-9,23H,10H2,1H3,(H,21,22)/t18-/m1/s1. The van der Waals surface area contributed by atoms with Gasteiger partial charge in [-0.2, -0.15) is 0 Å². The molecular formula is C18H15ClFNO2S. The first-order valence-electron chi connectivity index (χ1n) is 7.32. The number of halogens is 2. The summed E-state index contributed by atoms with van der Waals surface area (Å²) in [4.78, 5) is 12.9. The van der Waals surface area contributed by atoms with Crippen molar-refractivity contribution in [1.82, 2.24) is 5.32 Å². The third-order valence-corrected chi connectivity index (χ3v) is 5.42. The minimum atomic E-state index is -1.27. The van der Waals surface area contributed by atoms with Crippen molar-refractivity contribution in [2.24, 2.45) is 0 Å². The number of fused-ring (bicyclic) bond motifs is 1. The molecule has 1 amide bonds. The molecule has 0 saturated heterocycles. The predicted octanol–water partition coefficient (Wildman–Crippen LogP) is 4.33. The molecule has 24 heavy (non-hydrogen) atoms. The van der Waals surface area contributed by atoms with Crippen molar-refractivity contribution < 1.29 is 14.3 Å². The van der Waals surface area contributed by atoms with Crippen LogP contribution in [0.15, 0.2) is 48.5 Å². The first kappa shape index (κ1) is 16.9. The Kier molecular flexibility index (Phi) is 4.58. The summed E-state index contributed by atoms with van der Waals surface area (Å²) >= 11 is 7.34. The quantitative estimate of drug-likeness (QED) is 0.724. The molecule has 0 spiro atoms. The molecule has 0 bridgehead atoms. The third-order valence-electron chi connectivity index (χ3n) is 3.74. The van der Waals surface area contributed by atoms with Gasteiger partial charge in [0.25, 0.3) is 5.91 Å². The number of rotatable bonds is 4. The molecule has 1 atom stereocenters. The van der Waals surface area contributed by atoms with Crippen molar-refractivity contribution >= 4 is 38.9 Å². The van der Waals surface area contributed by atoms with E-state index >= 15 is 0 Å². The van der Waals surface area contributed by atoms with E-state index in [0.29, 0.717) is 0 Å². The molecule has 2 N–H and O–H groups in total. The average Bonchev–Trinajstić information content (AvgIpc) is 2.98. The normalized spacial score (nSPS) is 13.7. The van der Waals surface area contributed by atoms with Gasteiger partial charge in [0.05, 0.1) is 17.1 Å². The van der Waals surface area contributed by atoms with E-state index in [1.54, 1.807) is 6.92 Å². The van der Waals surface area contributed by atoms with Crippen molar-refractivity contribution in [2.45, 2.75) is 12.5 Å². The lowest BCUT2D eigenvalue weighted by Gasteiger charge is -2.22. The fourth-order valence-electron chi connectivity index (χ4n) is 2.39. The van der Waals surface area contributed by atoms with Crippen LogP contribution in [0.2, 0.25) is 5.02 Å². The molecule has 6 heteroatoms. The largest absolute Gasteiger partial charge is 0.383 e. The Balaban J connectivity index is 1.78. The summed E-state index contributed by atoms with van der Waals surface area (Å²) in [7, 11) is 0. The summed E-state index contributed by atoms with van der Waals surface area (Å²) in [6, 6.07) is 13.7. The molecule has 0 radical (unpaired) electrons. The number of thiophene rings is 1. The van der Waals surface area contributed by atoms with E-state index in [1.807, 2.05) is 30.3 Å². The molecule has 3 rings (SSSR count). The van der Waals surface area contributed by atoms with Crippen LogP contribution in [-0.2, 0) is 5.60 Å². The first-order valence-corrected chi connectivity index (χ1v) is 8.51. The molecule has 0 saturated carbocycles. The molecule has 3 nitrogen and oxygen atoms in total. The number of aliphatic hydroxyl groups is 1. The number of carbonyl (C=O) groups excluding carboxylic acids is 1. The minimum Gasteiger partial charge on any atom is -0.383 e. The molecule has 0 unspecified atom stereocenters.